The number of nitrogens with zero attached hydrogens (tertiary/aromatic N) is 4. The smallest absolute Gasteiger partial charge is 0.325 e. The number of benzene rings is 2. The second-order valence-corrected chi connectivity index (χ2v) is 8.09. The minimum absolute atomic E-state index is 0.0725. The zero-order chi connectivity index (χ0) is 25.7. The highest BCUT2D eigenvalue weighted by Gasteiger charge is 2.21. The summed E-state index contributed by atoms with van der Waals surface area (Å²) in [4.78, 5) is 25.8. The fourth-order valence-electron chi connectivity index (χ4n) is 3.53. The number of aromatic nitrogens is 3. The van der Waals surface area contributed by atoms with Gasteiger partial charge in [0.05, 0.1) is 13.8 Å². The molecule has 0 aliphatic heterocycles. The summed E-state index contributed by atoms with van der Waals surface area (Å²) in [7, 11) is 0. The number of hydrogen-bond acceptors (Lipinski definition) is 6. The summed E-state index contributed by atoms with van der Waals surface area (Å²) in [5.74, 6) is -0.0650. The number of para-hydroxylation sites is 1. The van der Waals surface area contributed by atoms with Crippen LogP contribution < -0.4 is 4.74 Å². The van der Waals surface area contributed by atoms with Crippen molar-refractivity contribution in [3.05, 3.63) is 89.9 Å². The van der Waals surface area contributed by atoms with Gasteiger partial charge < -0.3 is 19.2 Å². The highest BCUT2D eigenvalue weighted by atomic mass is 16.5. The van der Waals surface area contributed by atoms with E-state index in [0.717, 1.165) is 11.1 Å². The summed E-state index contributed by atoms with van der Waals surface area (Å²) in [5, 5.41) is 16.6. The molecule has 0 atom stereocenters. The van der Waals surface area contributed by atoms with Crippen molar-refractivity contribution < 1.29 is 25.2 Å². The van der Waals surface area contributed by atoms with Crippen LogP contribution >= 0.6 is 0 Å². The lowest BCUT2D eigenvalue weighted by Gasteiger charge is -2.28. The molecule has 9 heteroatoms. The molecule has 2 heterocycles. The van der Waals surface area contributed by atoms with Gasteiger partial charge in [0.25, 0.3) is 5.91 Å². The number of carboxylic acid groups (broad SMARTS) is 1. The molecule has 0 fully saturated rings. The summed E-state index contributed by atoms with van der Waals surface area (Å²) in [5.41, 5.74) is 2.50. The lowest BCUT2D eigenvalue weighted by atomic mass is 10.1. The molecule has 9 nitrogen and oxygen atoms in total. The molecule has 0 saturated heterocycles. The Morgan fingerprint density at radius 3 is 2.60 bits per heavy atom. The van der Waals surface area contributed by atoms with E-state index in [1.807, 2.05) is 36.4 Å². The van der Waals surface area contributed by atoms with Crippen LogP contribution in [-0.4, -0.2) is 42.9 Å². The molecule has 0 spiro atoms. The van der Waals surface area contributed by atoms with Gasteiger partial charge in [0.2, 0.25) is 0 Å². The largest absolute Gasteiger partial charge is 0.487 e. The van der Waals surface area contributed by atoms with Crippen LogP contribution in [0.2, 0.25) is 0 Å². The second kappa shape index (κ2) is 10.7. The molecule has 1 amide bonds. The first kappa shape index (κ1) is 22.4. The molecule has 4 rings (SSSR count). The van der Waals surface area contributed by atoms with Crippen molar-refractivity contribution in [2.24, 2.45) is 0 Å². The highest BCUT2D eigenvalue weighted by Crippen LogP contribution is 2.24. The molecule has 2 aromatic carbocycles. The number of amides is 1. The molecule has 35 heavy (non-hydrogen) atoms. The van der Waals surface area contributed by atoms with Crippen LogP contribution in [0.3, 0.4) is 0 Å². The van der Waals surface area contributed by atoms with Crippen molar-refractivity contribution in [3.63, 3.8) is 0 Å². The Balaban J connectivity index is 1.50. The van der Waals surface area contributed by atoms with Gasteiger partial charge in [-0.15, -0.1) is 5.10 Å². The average Bonchev–Trinajstić information content (AvgIpc) is 3.53. The van der Waals surface area contributed by atoms with E-state index in [1.165, 1.54) is 15.8 Å². The summed E-state index contributed by atoms with van der Waals surface area (Å²) >= 11 is 0. The van der Waals surface area contributed by atoms with Crippen molar-refractivity contribution in [1.29, 1.82) is 0 Å². The number of rotatable bonds is 10. The van der Waals surface area contributed by atoms with E-state index in [0.29, 0.717) is 22.8 Å². The van der Waals surface area contributed by atoms with Crippen LogP contribution in [0.15, 0.2) is 77.5 Å². The summed E-state index contributed by atoms with van der Waals surface area (Å²) in [6.07, 6.45) is 3.10. The quantitative estimate of drug-likeness (QED) is 0.365. The van der Waals surface area contributed by atoms with Crippen LogP contribution in [0.25, 0.3) is 11.3 Å². The lowest BCUT2D eigenvalue weighted by molar-refractivity contribution is -0.137. The Labute approximate surface area is 204 Å². The second-order valence-electron chi connectivity index (χ2n) is 8.09. The van der Waals surface area contributed by atoms with Gasteiger partial charge in [0.15, 0.2) is 0 Å². The van der Waals surface area contributed by atoms with Gasteiger partial charge in [-0.1, -0.05) is 35.5 Å². The topological polar surface area (TPSA) is 111 Å². The van der Waals surface area contributed by atoms with E-state index in [1.54, 1.807) is 44.4 Å². The van der Waals surface area contributed by atoms with Crippen LogP contribution in [0.5, 0.6) is 5.75 Å². The number of carbonyl (C=O) groups excluding carboxylic acids is 1. The fraction of sp³-hybridized carbons (Fsp3) is 0.231. The van der Waals surface area contributed by atoms with Gasteiger partial charge in [-0.3, -0.25) is 9.59 Å². The molecule has 0 aliphatic rings. The highest BCUT2D eigenvalue weighted by molar-refractivity contribution is 5.94. The summed E-state index contributed by atoms with van der Waals surface area (Å²) < 4.78 is 21.2. The van der Waals surface area contributed by atoms with Gasteiger partial charge >= 0.3 is 5.97 Å². The Bertz CT molecular complexity index is 1330. The average molecular weight is 476 g/mol. The Kier molecular flexibility index (Phi) is 6.84. The molecule has 0 bridgehead atoms. The molecule has 0 unspecified atom stereocenters. The number of furan rings is 1. The van der Waals surface area contributed by atoms with Crippen molar-refractivity contribution in [1.82, 2.24) is 19.9 Å². The minimum Gasteiger partial charge on any atom is -0.487 e. The molecule has 1 N–H and O–H groups in total. The third-order valence-electron chi connectivity index (χ3n) is 5.28. The predicted octanol–water partition coefficient (Wildman–Crippen LogP) is 4.25. The summed E-state index contributed by atoms with van der Waals surface area (Å²) in [6.45, 7) is 3.25. The first-order valence-electron chi connectivity index (χ1n) is 11.5. The van der Waals surface area contributed by atoms with Gasteiger partial charge in [-0.25, -0.2) is 4.68 Å². The first-order valence-corrected chi connectivity index (χ1v) is 11.0. The fourth-order valence-corrected chi connectivity index (χ4v) is 3.53. The van der Waals surface area contributed by atoms with Crippen LogP contribution in [0, 0.1) is 0 Å². The zero-order valence-electron chi connectivity index (χ0n) is 20.4. The van der Waals surface area contributed by atoms with E-state index in [9.17, 15) is 9.59 Å². The van der Waals surface area contributed by atoms with Gasteiger partial charge in [-0.2, -0.15) is 0 Å². The van der Waals surface area contributed by atoms with Crippen LogP contribution in [0.4, 0.5) is 0 Å². The third kappa shape index (κ3) is 5.94. The molecule has 0 saturated carbocycles. The molecule has 0 radical (unpaired) electrons. The Hall–Kier alpha value is -4.40. The van der Waals surface area contributed by atoms with Gasteiger partial charge in [0.1, 0.15) is 30.4 Å². The zero-order valence-corrected chi connectivity index (χ0v) is 19.4. The lowest BCUT2D eigenvalue weighted by Crippen LogP contribution is -2.36. The van der Waals surface area contributed by atoms with Crippen molar-refractivity contribution in [2.45, 2.75) is 39.6 Å². The van der Waals surface area contributed by atoms with E-state index >= 15 is 0 Å². The Morgan fingerprint density at radius 2 is 1.91 bits per heavy atom. The van der Waals surface area contributed by atoms with Crippen LogP contribution in [-0.2, 0) is 24.5 Å². The summed E-state index contributed by atoms with van der Waals surface area (Å²) in [6, 6.07) is 16.8. The number of ether oxygens (including phenoxy) is 1. The number of hydrogen-bond donors (Lipinski definition) is 1. The van der Waals surface area contributed by atoms with E-state index in [-0.39, 0.29) is 25.6 Å². The molecular weight excluding hydrogens is 448 g/mol. The predicted molar refractivity (Wildman–Crippen MR) is 128 cm³/mol. The Morgan fingerprint density at radius 1 is 1.14 bits per heavy atom. The van der Waals surface area contributed by atoms with Crippen LogP contribution in [0.1, 0.15) is 36.8 Å². The number of carbonyl (C=O) groups is 2. The number of aliphatic carboxylic acids is 1. The molecule has 4 aromatic rings. The maximum Gasteiger partial charge on any atom is 0.325 e. The molecule has 2 aromatic heterocycles. The molecular formula is C26H26N4O5. The maximum absolute atomic E-state index is 13.4. The third-order valence-corrected chi connectivity index (χ3v) is 5.28. The molecule has 0 aliphatic carbocycles. The van der Waals surface area contributed by atoms with Gasteiger partial charge in [-0.05, 0) is 44.2 Å². The standard InChI is InChI=1S/C26H26N4O5/c1-18(2)30(26(33)20-11-9-19(10-12-20)23-8-5-13-34-23)14-21-6-3-4-7-24(21)35-17-22-15-29(28-27-22)16-25(31)32/h3-13,15,18H,14,16-17H2,1-2H3,(H,31,32)/i18D. The maximum atomic E-state index is 13.4. The molecule has 180 valence electrons. The van der Waals surface area contributed by atoms with E-state index in [2.05, 4.69) is 10.3 Å². The van der Waals surface area contributed by atoms with Crippen molar-refractivity contribution in [3.8, 4) is 17.1 Å². The normalized spacial score (nSPS) is 11.7. The van der Waals surface area contributed by atoms with Crippen molar-refractivity contribution >= 4 is 11.9 Å². The van der Waals surface area contributed by atoms with E-state index < -0.39 is 12.0 Å². The van der Waals surface area contributed by atoms with Gasteiger partial charge in [0, 0.05) is 29.3 Å². The minimum atomic E-state index is -1.20. The van der Waals surface area contributed by atoms with E-state index in [4.69, 9.17) is 15.6 Å². The van der Waals surface area contributed by atoms with Crippen molar-refractivity contribution in [2.75, 3.05) is 0 Å². The SMILES string of the molecule is [2H]C(C)(C)N(Cc1ccccc1OCc1cn(CC(=O)O)nn1)C(=O)c1ccc(-c2ccco2)cc1. The monoisotopic (exact) mass is 475 g/mol. The number of carboxylic acids is 1. The first-order chi connectivity index (χ1) is 17.2.